The summed E-state index contributed by atoms with van der Waals surface area (Å²) >= 11 is 0. The number of fused-ring (bicyclic) bond motifs is 6. The number of allylic oxidation sites excluding steroid dienone is 1. The average molecular weight is 605 g/mol. The number of aromatic nitrogens is 2. The number of nitrogens with one attached hydrogen (secondary N) is 1. The third-order valence-electron chi connectivity index (χ3n) is 9.15. The molecule has 0 fully saturated rings. The molecule has 47 heavy (non-hydrogen) atoms. The Morgan fingerprint density at radius 2 is 1.04 bits per heavy atom. The van der Waals surface area contributed by atoms with Gasteiger partial charge < -0.3 is 8.83 Å². The zero-order valence-electron chi connectivity index (χ0n) is 25.1. The smallest absolute Gasteiger partial charge is 0.225 e. The second kappa shape index (κ2) is 10.0. The van der Waals surface area contributed by atoms with Crippen molar-refractivity contribution in [1.82, 2.24) is 10.2 Å². The Morgan fingerprint density at radius 1 is 0.468 bits per heavy atom. The molecule has 1 N–H and O–H groups in total. The molecule has 4 heterocycles. The normalized spacial score (nSPS) is 13.1. The third-order valence-corrected chi connectivity index (χ3v) is 9.15. The molecule has 0 saturated carbocycles. The first-order chi connectivity index (χ1) is 23.3. The van der Waals surface area contributed by atoms with Gasteiger partial charge in [-0.2, -0.15) is 9.67 Å². The molecule has 10 rings (SSSR count). The van der Waals surface area contributed by atoms with Crippen molar-refractivity contribution >= 4 is 61.0 Å². The third kappa shape index (κ3) is 4.10. The van der Waals surface area contributed by atoms with Crippen LogP contribution in [0.15, 0.2) is 161 Å². The van der Waals surface area contributed by atoms with Gasteiger partial charge in [0.1, 0.15) is 22.3 Å². The van der Waals surface area contributed by atoms with Gasteiger partial charge in [0.15, 0.2) is 0 Å². The maximum absolute atomic E-state index is 6.37. The number of nitrogens with zero attached hydrogens (tertiary/aromatic N) is 2. The maximum Gasteiger partial charge on any atom is 0.225 e. The van der Waals surface area contributed by atoms with Crippen LogP contribution in [-0.4, -0.2) is 20.5 Å². The van der Waals surface area contributed by atoms with Gasteiger partial charge in [0, 0.05) is 62.0 Å². The van der Waals surface area contributed by atoms with Crippen LogP contribution in [0, 0.1) is 0 Å². The summed E-state index contributed by atoms with van der Waals surface area (Å²) in [7, 11) is 0. The molecule has 5 heteroatoms. The fourth-order valence-electron chi connectivity index (χ4n) is 6.81. The van der Waals surface area contributed by atoms with Gasteiger partial charge in [0.2, 0.25) is 17.1 Å². The molecule has 0 radical (unpaired) electrons. The van der Waals surface area contributed by atoms with Gasteiger partial charge in [-0.15, -0.1) is 0 Å². The monoisotopic (exact) mass is 604 g/mol. The molecule has 9 aromatic rings. The molecule has 5 nitrogen and oxygen atoms in total. The number of aromatic amines is 1. The van der Waals surface area contributed by atoms with E-state index in [2.05, 4.69) is 136 Å². The van der Waals surface area contributed by atoms with E-state index < -0.39 is 0 Å². The van der Waals surface area contributed by atoms with Crippen LogP contribution < -0.4 is 0 Å². The average Bonchev–Trinajstić information content (AvgIpc) is 3.83. The Hall–Kier alpha value is -6.46. The van der Waals surface area contributed by atoms with Crippen molar-refractivity contribution in [3.63, 3.8) is 0 Å². The Morgan fingerprint density at radius 3 is 1.72 bits per heavy atom. The number of H-pyrrole nitrogens is 1. The lowest BCUT2D eigenvalue weighted by Gasteiger charge is -2.17. The molecule has 0 bridgehead atoms. The molecular formula is C42H26N3O2+. The minimum Gasteiger partial charge on any atom is -0.456 e. The van der Waals surface area contributed by atoms with Crippen LogP contribution in [0.5, 0.6) is 0 Å². The first kappa shape index (κ1) is 25.8. The molecule has 3 aromatic heterocycles. The topological polar surface area (TPSA) is 58.0 Å². The van der Waals surface area contributed by atoms with Gasteiger partial charge in [-0.1, -0.05) is 66.7 Å². The first-order valence-corrected chi connectivity index (χ1v) is 15.7. The van der Waals surface area contributed by atoms with E-state index in [9.17, 15) is 0 Å². The van der Waals surface area contributed by atoms with E-state index in [1.807, 2.05) is 30.3 Å². The zero-order chi connectivity index (χ0) is 30.9. The highest BCUT2D eigenvalue weighted by molar-refractivity contribution is 6.19. The SMILES string of the molecule is C1=C(c2ccccc2)[N+](c2ccccc2)=C1c1ccc2oc3cc4oc5ccc(-c6cc(-c7ccccc7)n[nH]6)cc5c4cc3c2c1. The van der Waals surface area contributed by atoms with Crippen LogP contribution in [0.25, 0.3) is 72.1 Å². The second-order valence-corrected chi connectivity index (χ2v) is 12.0. The highest BCUT2D eigenvalue weighted by Crippen LogP contribution is 2.39. The number of rotatable bonds is 5. The quantitative estimate of drug-likeness (QED) is 0.199. The van der Waals surface area contributed by atoms with Crippen LogP contribution in [0.3, 0.4) is 0 Å². The van der Waals surface area contributed by atoms with E-state index in [1.54, 1.807) is 0 Å². The standard InChI is InChI=1S/C42H26N3O2/c1-4-10-26(11-5-1)35-23-36(44-43-35)28-16-18-39-31(20-28)33-22-34-32-21-29(17-19-40(32)47-42(34)25-41(33)46-39)38-24-37(27-12-6-2-7-13-27)45(38)30-14-8-3-9-15-30/h1-25H,(H,43,44)/q+1. The predicted octanol–water partition coefficient (Wildman–Crippen LogP) is 10.7. The Labute approximate surface area is 269 Å². The van der Waals surface area contributed by atoms with Crippen molar-refractivity contribution < 1.29 is 13.4 Å². The van der Waals surface area contributed by atoms with Crippen molar-refractivity contribution in [2.24, 2.45) is 0 Å². The molecule has 0 amide bonds. The van der Waals surface area contributed by atoms with Gasteiger partial charge in [0.25, 0.3) is 0 Å². The summed E-state index contributed by atoms with van der Waals surface area (Å²) < 4.78 is 15.0. The first-order valence-electron chi connectivity index (χ1n) is 15.7. The number of benzene rings is 6. The fourth-order valence-corrected chi connectivity index (χ4v) is 6.81. The van der Waals surface area contributed by atoms with Crippen molar-refractivity contribution in [1.29, 1.82) is 0 Å². The van der Waals surface area contributed by atoms with E-state index in [0.29, 0.717) is 0 Å². The lowest BCUT2D eigenvalue weighted by atomic mass is 9.96. The van der Waals surface area contributed by atoms with Gasteiger partial charge in [-0.25, -0.2) is 0 Å². The van der Waals surface area contributed by atoms with E-state index in [-0.39, 0.29) is 0 Å². The Kier molecular flexibility index (Phi) is 5.51. The Bertz CT molecular complexity index is 2710. The van der Waals surface area contributed by atoms with Crippen LogP contribution in [0.2, 0.25) is 0 Å². The summed E-state index contributed by atoms with van der Waals surface area (Å²) in [5, 5.41) is 12.0. The van der Waals surface area contributed by atoms with Crippen molar-refractivity contribution in [2.45, 2.75) is 0 Å². The zero-order valence-corrected chi connectivity index (χ0v) is 25.1. The molecule has 0 atom stereocenters. The molecule has 1 aliphatic rings. The van der Waals surface area contributed by atoms with Crippen molar-refractivity contribution in [3.8, 4) is 22.5 Å². The van der Waals surface area contributed by atoms with Gasteiger partial charge >= 0.3 is 0 Å². The second-order valence-electron chi connectivity index (χ2n) is 12.0. The van der Waals surface area contributed by atoms with Crippen LogP contribution >= 0.6 is 0 Å². The van der Waals surface area contributed by atoms with Gasteiger partial charge in [-0.3, -0.25) is 5.10 Å². The number of para-hydroxylation sites is 1. The fraction of sp³-hybridized carbons (Fsp3) is 0. The van der Waals surface area contributed by atoms with Crippen molar-refractivity contribution in [3.05, 3.63) is 163 Å². The minimum atomic E-state index is 0.803. The molecule has 0 unspecified atom stereocenters. The molecule has 220 valence electrons. The predicted molar refractivity (Wildman–Crippen MR) is 189 cm³/mol. The molecule has 0 aliphatic carbocycles. The minimum absolute atomic E-state index is 0.803. The van der Waals surface area contributed by atoms with Crippen molar-refractivity contribution in [2.75, 3.05) is 0 Å². The summed E-state index contributed by atoms with van der Waals surface area (Å²) in [6.45, 7) is 0. The van der Waals surface area contributed by atoms with E-state index in [1.165, 1.54) is 11.3 Å². The highest BCUT2D eigenvalue weighted by atomic mass is 16.3. The summed E-state index contributed by atoms with van der Waals surface area (Å²) in [4.78, 5) is 0. The lowest BCUT2D eigenvalue weighted by molar-refractivity contribution is -0.341. The van der Waals surface area contributed by atoms with E-state index in [0.717, 1.165) is 83.4 Å². The molecular weight excluding hydrogens is 578 g/mol. The number of hydrogen-bond donors (Lipinski definition) is 1. The summed E-state index contributed by atoms with van der Waals surface area (Å²) in [6.07, 6.45) is 2.27. The number of furan rings is 2. The van der Waals surface area contributed by atoms with Crippen LogP contribution in [0.1, 0.15) is 11.1 Å². The summed E-state index contributed by atoms with van der Waals surface area (Å²) in [6, 6.07) is 50.4. The van der Waals surface area contributed by atoms with Crippen LogP contribution in [0.4, 0.5) is 5.69 Å². The van der Waals surface area contributed by atoms with E-state index >= 15 is 0 Å². The summed E-state index contributed by atoms with van der Waals surface area (Å²) in [5.41, 5.74) is 13.1. The highest BCUT2D eigenvalue weighted by Gasteiger charge is 2.34. The molecule has 1 aliphatic heterocycles. The number of hydrogen-bond acceptors (Lipinski definition) is 3. The molecule has 6 aromatic carbocycles. The van der Waals surface area contributed by atoms with Gasteiger partial charge in [-0.05, 0) is 60.7 Å². The lowest BCUT2D eigenvalue weighted by Crippen LogP contribution is -2.24. The Balaban J connectivity index is 1.10. The largest absolute Gasteiger partial charge is 0.456 e. The molecule has 0 saturated heterocycles. The van der Waals surface area contributed by atoms with Gasteiger partial charge in [0.05, 0.1) is 17.5 Å². The van der Waals surface area contributed by atoms with Crippen LogP contribution in [-0.2, 0) is 0 Å². The molecule has 0 spiro atoms. The maximum atomic E-state index is 6.37. The summed E-state index contributed by atoms with van der Waals surface area (Å²) in [5.74, 6) is 0. The van der Waals surface area contributed by atoms with E-state index in [4.69, 9.17) is 8.83 Å².